The molecule has 3 aromatic carbocycles. The van der Waals surface area contributed by atoms with Crippen LogP contribution in [-0.4, -0.2) is 27.6 Å². The number of ether oxygens (including phenoxy) is 1. The van der Waals surface area contributed by atoms with Crippen LogP contribution in [0.5, 0.6) is 0 Å². The van der Waals surface area contributed by atoms with Crippen molar-refractivity contribution in [3.63, 3.8) is 0 Å². The molecule has 1 aromatic heterocycles. The van der Waals surface area contributed by atoms with Gasteiger partial charge in [0.05, 0.1) is 0 Å². The first-order chi connectivity index (χ1) is 18.2. The molecule has 1 fully saturated rings. The molecule has 1 amide bonds. The fourth-order valence-corrected chi connectivity index (χ4v) is 4.30. The number of hydrogen-bond acceptors (Lipinski definition) is 5. The van der Waals surface area contributed by atoms with Crippen LogP contribution in [0.15, 0.2) is 77.3 Å². The summed E-state index contributed by atoms with van der Waals surface area (Å²) >= 11 is 0. The Bertz CT molecular complexity index is 1400. The molecule has 1 aliphatic carbocycles. The minimum absolute atomic E-state index is 0.379. The van der Waals surface area contributed by atoms with Crippen molar-refractivity contribution < 1.29 is 29.1 Å². The SMILES string of the molecule is Cc1ccccc1[C@@H](C)OC(=O)Nc1c(-c2ccc(-c3ccc(C4CC4)cc3)cc2)noc1C.O=C(O)O. The molecule has 1 saturated carbocycles. The van der Waals surface area contributed by atoms with Crippen molar-refractivity contribution in [1.29, 1.82) is 0 Å². The van der Waals surface area contributed by atoms with E-state index in [1.54, 1.807) is 6.92 Å². The molecule has 0 spiro atoms. The van der Waals surface area contributed by atoms with Gasteiger partial charge in [-0.25, -0.2) is 9.59 Å². The van der Waals surface area contributed by atoms with Gasteiger partial charge in [0.1, 0.15) is 17.5 Å². The summed E-state index contributed by atoms with van der Waals surface area (Å²) in [6.45, 7) is 5.63. The van der Waals surface area contributed by atoms with Gasteiger partial charge in [0, 0.05) is 5.56 Å². The van der Waals surface area contributed by atoms with Crippen molar-refractivity contribution in [3.05, 3.63) is 95.2 Å². The second-order valence-corrected chi connectivity index (χ2v) is 9.25. The number of hydrogen-bond donors (Lipinski definition) is 3. The molecule has 0 unspecified atom stereocenters. The number of benzene rings is 3. The standard InChI is InChI=1S/C29H28N2O3.CH2O3/c1-18-6-4-5-7-26(18)19(2)33-29(32)30-27-20(3)34-31-28(27)25-16-14-24(15-17-25)23-12-10-22(11-13-23)21-8-9-21;2-1(3)4/h4-7,10-17,19,21H,8-9H2,1-3H3,(H,30,32);(H2,2,3,4)/t19-;/m1./s1. The summed E-state index contributed by atoms with van der Waals surface area (Å²) in [5.41, 5.74) is 7.74. The zero-order valence-corrected chi connectivity index (χ0v) is 21.5. The summed E-state index contributed by atoms with van der Waals surface area (Å²) in [7, 11) is 0. The van der Waals surface area contributed by atoms with E-state index < -0.39 is 12.2 Å². The van der Waals surface area contributed by atoms with E-state index in [2.05, 4.69) is 46.9 Å². The number of anilines is 1. The van der Waals surface area contributed by atoms with Crippen LogP contribution < -0.4 is 5.32 Å². The molecular formula is C30H30N2O6. The third-order valence-corrected chi connectivity index (χ3v) is 6.45. The summed E-state index contributed by atoms with van der Waals surface area (Å²) in [6, 6.07) is 24.8. The predicted octanol–water partition coefficient (Wildman–Crippen LogP) is 8.03. The van der Waals surface area contributed by atoms with Crippen LogP contribution in [0.1, 0.15) is 54.2 Å². The average Bonchev–Trinajstić information content (AvgIpc) is 3.68. The van der Waals surface area contributed by atoms with Gasteiger partial charge in [-0.05, 0) is 67.3 Å². The molecule has 0 radical (unpaired) electrons. The lowest BCUT2D eigenvalue weighted by Crippen LogP contribution is -2.17. The number of nitrogens with one attached hydrogen (secondary N) is 1. The Balaban J connectivity index is 0.000000786. The summed E-state index contributed by atoms with van der Waals surface area (Å²) in [5.74, 6) is 1.28. The highest BCUT2D eigenvalue weighted by molar-refractivity contribution is 5.91. The monoisotopic (exact) mass is 514 g/mol. The van der Waals surface area contributed by atoms with E-state index in [-0.39, 0.29) is 6.10 Å². The molecule has 4 aromatic rings. The number of nitrogens with zero attached hydrogens (tertiary/aromatic N) is 1. The van der Waals surface area contributed by atoms with Crippen LogP contribution in [0.4, 0.5) is 15.3 Å². The lowest BCUT2D eigenvalue weighted by atomic mass is 10.00. The van der Waals surface area contributed by atoms with Crippen LogP contribution in [0.3, 0.4) is 0 Å². The smallest absolute Gasteiger partial charge is 0.450 e. The van der Waals surface area contributed by atoms with Gasteiger partial charge >= 0.3 is 12.2 Å². The molecule has 1 aliphatic rings. The maximum Gasteiger partial charge on any atom is 0.503 e. The molecular weight excluding hydrogens is 484 g/mol. The van der Waals surface area contributed by atoms with E-state index >= 15 is 0 Å². The molecule has 3 N–H and O–H groups in total. The minimum Gasteiger partial charge on any atom is -0.450 e. The number of amides is 1. The normalized spacial score (nSPS) is 13.1. The first-order valence-electron chi connectivity index (χ1n) is 12.3. The van der Waals surface area contributed by atoms with Crippen LogP contribution in [0.2, 0.25) is 0 Å². The molecule has 8 nitrogen and oxygen atoms in total. The second kappa shape index (κ2) is 11.6. The lowest BCUT2D eigenvalue weighted by Gasteiger charge is -2.16. The van der Waals surface area contributed by atoms with E-state index in [0.717, 1.165) is 28.2 Å². The van der Waals surface area contributed by atoms with Gasteiger partial charge in [0.25, 0.3) is 0 Å². The lowest BCUT2D eigenvalue weighted by molar-refractivity contribution is 0.120. The highest BCUT2D eigenvalue weighted by Gasteiger charge is 2.23. The van der Waals surface area contributed by atoms with Gasteiger partial charge in [-0.3, -0.25) is 5.32 Å². The molecule has 0 saturated heterocycles. The molecule has 5 rings (SSSR count). The number of aromatic nitrogens is 1. The first-order valence-corrected chi connectivity index (χ1v) is 12.3. The van der Waals surface area contributed by atoms with Crippen molar-refractivity contribution >= 4 is 17.9 Å². The van der Waals surface area contributed by atoms with Crippen molar-refractivity contribution in [3.8, 4) is 22.4 Å². The average molecular weight is 515 g/mol. The number of carboxylic acid groups (broad SMARTS) is 2. The van der Waals surface area contributed by atoms with Gasteiger partial charge in [-0.2, -0.15) is 0 Å². The topological polar surface area (TPSA) is 122 Å². The largest absolute Gasteiger partial charge is 0.503 e. The van der Waals surface area contributed by atoms with E-state index in [0.29, 0.717) is 17.1 Å². The van der Waals surface area contributed by atoms with Crippen molar-refractivity contribution in [2.24, 2.45) is 0 Å². The Morgan fingerprint density at radius 1 is 0.921 bits per heavy atom. The number of carbonyl (C=O) groups is 2. The highest BCUT2D eigenvalue weighted by Crippen LogP contribution is 2.40. The summed E-state index contributed by atoms with van der Waals surface area (Å²) in [4.78, 5) is 21.2. The summed E-state index contributed by atoms with van der Waals surface area (Å²) < 4.78 is 11.0. The number of carbonyl (C=O) groups excluding carboxylic acids is 1. The zero-order valence-electron chi connectivity index (χ0n) is 21.5. The van der Waals surface area contributed by atoms with E-state index in [9.17, 15) is 4.79 Å². The molecule has 0 aliphatic heterocycles. The third kappa shape index (κ3) is 6.59. The van der Waals surface area contributed by atoms with Crippen LogP contribution in [-0.2, 0) is 4.74 Å². The van der Waals surface area contributed by atoms with Gasteiger partial charge in [-0.15, -0.1) is 0 Å². The van der Waals surface area contributed by atoms with E-state index in [4.69, 9.17) is 24.3 Å². The zero-order chi connectivity index (χ0) is 27.2. The maximum atomic E-state index is 12.7. The molecule has 1 atom stereocenters. The Hall–Kier alpha value is -4.59. The fraction of sp³-hybridized carbons (Fsp3) is 0.233. The Kier molecular flexibility index (Phi) is 8.11. The van der Waals surface area contributed by atoms with Crippen molar-refractivity contribution in [2.75, 3.05) is 5.32 Å². The Morgan fingerprint density at radius 3 is 2.05 bits per heavy atom. The van der Waals surface area contributed by atoms with Crippen LogP contribution >= 0.6 is 0 Å². The van der Waals surface area contributed by atoms with Gasteiger partial charge in [0.15, 0.2) is 5.76 Å². The molecule has 196 valence electrons. The summed E-state index contributed by atoms with van der Waals surface area (Å²) in [6.07, 6.45) is -0.147. The molecule has 0 bridgehead atoms. The molecule has 8 heteroatoms. The van der Waals surface area contributed by atoms with Crippen molar-refractivity contribution in [2.45, 2.75) is 45.6 Å². The number of rotatable bonds is 6. The first kappa shape index (κ1) is 26.5. The van der Waals surface area contributed by atoms with E-state index in [1.807, 2.05) is 50.2 Å². The van der Waals surface area contributed by atoms with Crippen LogP contribution in [0.25, 0.3) is 22.4 Å². The Morgan fingerprint density at radius 2 is 1.47 bits per heavy atom. The number of aryl methyl sites for hydroxylation is 2. The highest BCUT2D eigenvalue weighted by atomic mass is 16.6. The van der Waals surface area contributed by atoms with Crippen molar-refractivity contribution in [1.82, 2.24) is 5.16 Å². The quantitative estimate of drug-likeness (QED) is 0.238. The van der Waals surface area contributed by atoms with Gasteiger partial charge < -0.3 is 19.5 Å². The third-order valence-electron chi connectivity index (χ3n) is 6.45. The Labute approximate surface area is 220 Å². The van der Waals surface area contributed by atoms with Gasteiger partial charge in [0.2, 0.25) is 0 Å². The molecule has 38 heavy (non-hydrogen) atoms. The fourth-order valence-electron chi connectivity index (χ4n) is 4.30. The van der Waals surface area contributed by atoms with Gasteiger partial charge in [-0.1, -0.05) is 78.0 Å². The van der Waals surface area contributed by atoms with Crippen LogP contribution in [0, 0.1) is 13.8 Å². The maximum absolute atomic E-state index is 12.7. The van der Waals surface area contributed by atoms with E-state index in [1.165, 1.54) is 24.0 Å². The predicted molar refractivity (Wildman–Crippen MR) is 144 cm³/mol. The minimum atomic E-state index is -1.83. The molecule has 1 heterocycles. The second-order valence-electron chi connectivity index (χ2n) is 9.25. The summed E-state index contributed by atoms with van der Waals surface area (Å²) in [5, 5.41) is 21.0.